The number of ketones is 4. The van der Waals surface area contributed by atoms with Crippen LogP contribution in [-0.2, 0) is 25.8 Å². The van der Waals surface area contributed by atoms with Gasteiger partial charge in [-0.05, 0) is 143 Å². The fourth-order valence-electron chi connectivity index (χ4n) is 13.4. The molecule has 12 rings (SSSR count). The number of Topliss-reactive ketones (excluding diaryl/α,β-unsaturated/α-hetero) is 4. The third-order valence-electron chi connectivity index (χ3n) is 16.2. The van der Waals surface area contributed by atoms with E-state index in [0.717, 1.165) is 131 Å². The van der Waals surface area contributed by atoms with E-state index in [2.05, 4.69) is 36.4 Å². The van der Waals surface area contributed by atoms with E-state index in [-0.39, 0.29) is 38.8 Å². The van der Waals surface area contributed by atoms with E-state index in [0.29, 0.717) is 12.1 Å². The molecule has 3 spiro atoms. The Morgan fingerprint density at radius 1 is 0.387 bits per heavy atom. The third kappa shape index (κ3) is 4.95. The normalized spacial score (nSPS) is 23.3. The first-order valence-corrected chi connectivity index (χ1v) is 22.4. The average Bonchev–Trinajstić information content (AvgIpc) is 3.94. The molecule has 0 unspecified atom stereocenters. The lowest BCUT2D eigenvalue weighted by atomic mass is 9.65. The van der Waals surface area contributed by atoms with Crippen LogP contribution in [0.1, 0.15) is 162 Å². The second kappa shape index (κ2) is 13.1. The first kappa shape index (κ1) is 38.0. The lowest BCUT2D eigenvalue weighted by molar-refractivity contribution is -0.110. The molecule has 0 radical (unpaired) electrons. The molecule has 0 amide bonds. The summed E-state index contributed by atoms with van der Waals surface area (Å²) < 4.78 is 59.2. The van der Waals surface area contributed by atoms with Crippen molar-refractivity contribution in [1.82, 2.24) is 0 Å². The van der Waals surface area contributed by atoms with Crippen molar-refractivity contribution in [3.05, 3.63) is 151 Å². The lowest BCUT2D eigenvalue weighted by Gasteiger charge is -2.38. The molecule has 3 saturated carbocycles. The second-order valence-electron chi connectivity index (χ2n) is 19.2. The van der Waals surface area contributed by atoms with E-state index in [1.807, 2.05) is 0 Å². The Hall–Kier alpha value is -5.76. The standard InChI is InChI=1S/C54H42F4O4/c55-32-22-36-38(48(59)50(61)46(36)44(57)24-32)20-30-16-28-18-42-34(26-40(28)52(30)10-4-1-5-11-52)35-27-41-29(19-43(35)54(42)14-8-3-9-15-54)17-31(53(41)12-6-2-7-13-53)21-39-37-23-33(56)25-45(58)47(37)51(62)49(39)60/h16-27H,1-15H2/b38-20-,39-21-. The van der Waals surface area contributed by atoms with E-state index in [9.17, 15) is 36.7 Å². The monoisotopic (exact) mass is 830 g/mol. The van der Waals surface area contributed by atoms with Gasteiger partial charge in [-0.3, -0.25) is 19.2 Å². The van der Waals surface area contributed by atoms with E-state index in [4.69, 9.17) is 0 Å². The molecule has 0 atom stereocenters. The molecule has 0 bridgehead atoms. The van der Waals surface area contributed by atoms with Crippen molar-refractivity contribution in [2.24, 2.45) is 0 Å². The number of rotatable bonds is 2. The Labute approximate surface area is 356 Å². The highest BCUT2D eigenvalue weighted by molar-refractivity contribution is 6.63. The van der Waals surface area contributed by atoms with Crippen molar-refractivity contribution in [3.63, 3.8) is 0 Å². The smallest absolute Gasteiger partial charge is 0.237 e. The number of carbonyl (C=O) groups is 4. The minimum Gasteiger partial charge on any atom is -0.285 e. The molecule has 0 aromatic heterocycles. The van der Waals surface area contributed by atoms with Gasteiger partial charge in [0.1, 0.15) is 23.3 Å². The van der Waals surface area contributed by atoms with Gasteiger partial charge in [0.25, 0.3) is 0 Å². The summed E-state index contributed by atoms with van der Waals surface area (Å²) in [6, 6.07) is 13.0. The summed E-state index contributed by atoms with van der Waals surface area (Å²) in [5, 5.41) is 0. The summed E-state index contributed by atoms with van der Waals surface area (Å²) in [5.41, 5.74) is 9.62. The molecule has 310 valence electrons. The molecule has 0 N–H and O–H groups in total. The van der Waals surface area contributed by atoms with Crippen LogP contribution in [0, 0.1) is 23.3 Å². The number of allylic oxidation sites excluding steroid dienone is 6. The highest BCUT2D eigenvalue weighted by atomic mass is 19.1. The van der Waals surface area contributed by atoms with Crippen LogP contribution in [0.3, 0.4) is 0 Å². The highest BCUT2D eigenvalue weighted by Gasteiger charge is 2.51. The van der Waals surface area contributed by atoms with Gasteiger partial charge in [-0.2, -0.15) is 0 Å². The maximum absolute atomic E-state index is 15.0. The minimum atomic E-state index is -1.02. The molecule has 8 aliphatic rings. The van der Waals surface area contributed by atoms with Gasteiger partial charge in [0, 0.05) is 50.7 Å². The van der Waals surface area contributed by atoms with Crippen molar-refractivity contribution in [2.75, 3.05) is 0 Å². The Morgan fingerprint density at radius 2 is 0.758 bits per heavy atom. The minimum absolute atomic E-state index is 0.0134. The molecule has 8 aliphatic carbocycles. The third-order valence-corrected chi connectivity index (χ3v) is 16.2. The quantitative estimate of drug-likeness (QED) is 0.115. The summed E-state index contributed by atoms with van der Waals surface area (Å²) in [4.78, 5) is 53.2. The van der Waals surface area contributed by atoms with Crippen LogP contribution >= 0.6 is 0 Å². The number of hydrogen-bond donors (Lipinski definition) is 0. The van der Waals surface area contributed by atoms with Crippen LogP contribution in [0.25, 0.3) is 34.4 Å². The number of fused-ring (bicyclic) bond motifs is 11. The topological polar surface area (TPSA) is 68.3 Å². The zero-order valence-electron chi connectivity index (χ0n) is 34.2. The molecule has 0 heterocycles. The first-order chi connectivity index (χ1) is 29.9. The van der Waals surface area contributed by atoms with Crippen molar-refractivity contribution in [3.8, 4) is 11.1 Å². The Morgan fingerprint density at radius 3 is 1.15 bits per heavy atom. The first-order valence-electron chi connectivity index (χ1n) is 22.4. The number of halogens is 4. The molecule has 0 saturated heterocycles. The SMILES string of the molecule is O=C1C(=O)c2c(F)cc(F)cc2/C1=C/C1=Cc2cc3c(cc2C12CCCCC2)-c1cc2c(cc1C31CCCCC1)C=C(/C=C1\C(=O)C(=O)c3c(F)cc(F)cc31)C21CCCCC1. The highest BCUT2D eigenvalue weighted by Crippen LogP contribution is 2.63. The van der Waals surface area contributed by atoms with Crippen LogP contribution < -0.4 is 0 Å². The number of carbonyl (C=O) groups excluding carboxylic acids is 4. The molecule has 62 heavy (non-hydrogen) atoms. The fraction of sp³-hybridized carbons (Fsp3) is 0.333. The summed E-state index contributed by atoms with van der Waals surface area (Å²) >= 11 is 0. The predicted octanol–water partition coefficient (Wildman–Crippen LogP) is 12.4. The van der Waals surface area contributed by atoms with Crippen molar-refractivity contribution >= 4 is 46.4 Å². The van der Waals surface area contributed by atoms with Gasteiger partial charge < -0.3 is 0 Å². The number of hydrogen-bond acceptors (Lipinski definition) is 4. The van der Waals surface area contributed by atoms with Crippen LogP contribution in [0.15, 0.2) is 71.8 Å². The molecule has 4 aromatic rings. The molecule has 4 aromatic carbocycles. The van der Waals surface area contributed by atoms with E-state index in [1.54, 1.807) is 12.2 Å². The largest absolute Gasteiger partial charge is 0.285 e. The van der Waals surface area contributed by atoms with Crippen molar-refractivity contribution in [1.29, 1.82) is 0 Å². The predicted molar refractivity (Wildman–Crippen MR) is 229 cm³/mol. The zero-order chi connectivity index (χ0) is 42.4. The van der Waals surface area contributed by atoms with Crippen molar-refractivity contribution in [2.45, 2.75) is 113 Å². The maximum atomic E-state index is 15.0. The summed E-state index contributed by atoms with van der Waals surface area (Å²) in [6.07, 6.45) is 22.5. The lowest BCUT2D eigenvalue weighted by Crippen LogP contribution is -2.30. The Balaban J connectivity index is 1.03. The second-order valence-corrected chi connectivity index (χ2v) is 19.2. The van der Waals surface area contributed by atoms with Gasteiger partial charge >= 0.3 is 0 Å². The molecule has 0 aliphatic heterocycles. The Kier molecular flexibility index (Phi) is 8.04. The number of benzene rings is 4. The van der Waals surface area contributed by atoms with Crippen molar-refractivity contribution < 1.29 is 36.7 Å². The van der Waals surface area contributed by atoms with Gasteiger partial charge in [0.05, 0.1) is 11.1 Å². The maximum Gasteiger partial charge on any atom is 0.237 e. The molecule has 3 fully saturated rings. The van der Waals surface area contributed by atoms with Gasteiger partial charge in [0.2, 0.25) is 23.1 Å². The average molecular weight is 831 g/mol. The van der Waals surface area contributed by atoms with Gasteiger partial charge in [-0.25, -0.2) is 17.6 Å². The Bertz CT molecular complexity index is 2760. The van der Waals surface area contributed by atoms with Gasteiger partial charge in [-0.1, -0.05) is 69.9 Å². The van der Waals surface area contributed by atoms with Gasteiger partial charge in [-0.15, -0.1) is 0 Å². The van der Waals surface area contributed by atoms with Crippen LogP contribution in [0.5, 0.6) is 0 Å². The fourth-order valence-corrected chi connectivity index (χ4v) is 13.4. The molecular formula is C54H42F4O4. The zero-order valence-corrected chi connectivity index (χ0v) is 34.2. The molecular weight excluding hydrogens is 789 g/mol. The van der Waals surface area contributed by atoms with Crippen LogP contribution in [-0.4, -0.2) is 23.1 Å². The summed E-state index contributed by atoms with van der Waals surface area (Å²) in [7, 11) is 0. The van der Waals surface area contributed by atoms with Gasteiger partial charge in [0.15, 0.2) is 0 Å². The molecule has 4 nitrogen and oxygen atoms in total. The van der Waals surface area contributed by atoms with E-state index in [1.165, 1.54) is 33.4 Å². The van der Waals surface area contributed by atoms with Crippen LogP contribution in [0.4, 0.5) is 17.6 Å². The molecule has 8 heteroatoms. The van der Waals surface area contributed by atoms with E-state index < -0.39 is 57.2 Å². The van der Waals surface area contributed by atoms with E-state index >= 15 is 0 Å². The summed E-state index contributed by atoms with van der Waals surface area (Å²) in [5.74, 6) is -7.23. The summed E-state index contributed by atoms with van der Waals surface area (Å²) in [6.45, 7) is 0. The van der Waals surface area contributed by atoms with Crippen LogP contribution in [0.2, 0.25) is 0 Å².